The number of rotatable bonds is 2. The van der Waals surface area contributed by atoms with E-state index in [0.29, 0.717) is 0 Å². The summed E-state index contributed by atoms with van der Waals surface area (Å²) < 4.78 is 4.77. The van der Waals surface area contributed by atoms with Crippen molar-refractivity contribution in [2.45, 2.75) is 6.61 Å². The van der Waals surface area contributed by atoms with Crippen LogP contribution in [0.2, 0.25) is 0 Å². The predicted molar refractivity (Wildman–Crippen MR) is 36.3 cm³/mol. The van der Waals surface area contributed by atoms with E-state index in [9.17, 15) is 4.79 Å². The smallest absolute Gasteiger partial charge is 0.268 e. The lowest BCUT2D eigenvalue weighted by Crippen LogP contribution is -2.30. The average Bonchev–Trinajstić information content (AvgIpc) is 2.50. The molecule has 4 N–H and O–H groups in total. The molecule has 0 bridgehead atoms. The third-order valence-electron chi connectivity index (χ3n) is 1.26. The van der Waals surface area contributed by atoms with Gasteiger partial charge in [0, 0.05) is 0 Å². The van der Waals surface area contributed by atoms with E-state index in [2.05, 4.69) is 0 Å². The number of aliphatic hydroxyl groups excluding tert-OH is 1. The fourth-order valence-corrected chi connectivity index (χ4v) is 0.743. The van der Waals surface area contributed by atoms with Crippen molar-refractivity contribution in [1.29, 1.82) is 0 Å². The molecule has 1 heterocycles. The van der Waals surface area contributed by atoms with Gasteiger partial charge in [-0.3, -0.25) is 10.2 Å². The van der Waals surface area contributed by atoms with E-state index in [1.165, 1.54) is 12.3 Å². The third-order valence-corrected chi connectivity index (χ3v) is 1.26. The highest BCUT2D eigenvalue weighted by molar-refractivity contribution is 5.94. The Labute approximate surface area is 62.8 Å². The first-order valence-corrected chi connectivity index (χ1v) is 2.97. The predicted octanol–water partition coefficient (Wildman–Crippen LogP) is -0.625. The Morgan fingerprint density at radius 3 is 3.09 bits per heavy atom. The Balaban J connectivity index is 2.92. The third kappa shape index (κ3) is 1.39. The van der Waals surface area contributed by atoms with Gasteiger partial charge in [-0.25, -0.2) is 5.84 Å². The van der Waals surface area contributed by atoms with Crippen LogP contribution in [0.3, 0.4) is 0 Å². The van der Waals surface area contributed by atoms with E-state index in [0.717, 1.165) is 0 Å². The Kier molecular flexibility index (Phi) is 2.25. The second kappa shape index (κ2) is 3.18. The lowest BCUT2D eigenvalue weighted by molar-refractivity contribution is 0.0948. The summed E-state index contributed by atoms with van der Waals surface area (Å²) in [5.74, 6) is 4.61. The number of nitrogen functional groups attached to an aromatic ring is 1. The number of aliphatic hydroxyl groups is 1. The van der Waals surface area contributed by atoms with Crippen molar-refractivity contribution in [3.8, 4) is 0 Å². The van der Waals surface area contributed by atoms with Crippen LogP contribution in [0.25, 0.3) is 0 Å². The van der Waals surface area contributed by atoms with Crippen LogP contribution in [0, 0.1) is 0 Å². The molecule has 0 aliphatic carbocycles. The molecule has 0 saturated heterocycles. The largest absolute Gasteiger partial charge is 0.466 e. The average molecular weight is 156 g/mol. The summed E-state index contributed by atoms with van der Waals surface area (Å²) in [7, 11) is 0. The molecule has 0 unspecified atom stereocenters. The molecule has 0 saturated carbocycles. The first-order chi connectivity index (χ1) is 5.29. The number of nitrogens with two attached hydrogens (primary N) is 1. The van der Waals surface area contributed by atoms with Crippen molar-refractivity contribution >= 4 is 5.91 Å². The minimum absolute atomic E-state index is 0.216. The van der Waals surface area contributed by atoms with Gasteiger partial charge in [0.05, 0.1) is 11.8 Å². The summed E-state index contributed by atoms with van der Waals surface area (Å²) in [6.45, 7) is -0.310. The molecule has 60 valence electrons. The molecule has 0 radical (unpaired) electrons. The van der Waals surface area contributed by atoms with Crippen molar-refractivity contribution in [2.75, 3.05) is 0 Å². The molecule has 0 fully saturated rings. The summed E-state index contributed by atoms with van der Waals surface area (Å²) in [6.07, 6.45) is 1.32. The Hall–Kier alpha value is -1.33. The Morgan fingerprint density at radius 2 is 2.55 bits per heavy atom. The van der Waals surface area contributed by atoms with Crippen LogP contribution in [0.4, 0.5) is 0 Å². The van der Waals surface area contributed by atoms with Crippen LogP contribution in [0.15, 0.2) is 16.7 Å². The molecule has 1 amide bonds. The van der Waals surface area contributed by atoms with Gasteiger partial charge in [0.15, 0.2) is 0 Å². The highest BCUT2D eigenvalue weighted by Crippen LogP contribution is 2.09. The fraction of sp³-hybridized carbons (Fsp3) is 0.167. The summed E-state index contributed by atoms with van der Waals surface area (Å²) in [4.78, 5) is 10.8. The van der Waals surface area contributed by atoms with Crippen LogP contribution in [-0.2, 0) is 6.61 Å². The molecule has 0 aliphatic heterocycles. The number of amides is 1. The van der Waals surface area contributed by atoms with Gasteiger partial charge in [-0.15, -0.1) is 0 Å². The number of nitrogens with one attached hydrogen (secondary N) is 1. The van der Waals surface area contributed by atoms with E-state index in [1.807, 2.05) is 5.43 Å². The normalized spacial score (nSPS) is 9.64. The molecule has 11 heavy (non-hydrogen) atoms. The number of hydrogen-bond acceptors (Lipinski definition) is 4. The number of hydrazine groups is 1. The lowest BCUT2D eigenvalue weighted by atomic mass is 10.2. The van der Waals surface area contributed by atoms with Gasteiger partial charge < -0.3 is 9.52 Å². The summed E-state index contributed by atoms with van der Waals surface area (Å²) in [5, 5.41) is 8.64. The first-order valence-electron chi connectivity index (χ1n) is 2.97. The zero-order valence-electron chi connectivity index (χ0n) is 5.70. The first kappa shape index (κ1) is 7.77. The quantitative estimate of drug-likeness (QED) is 0.302. The van der Waals surface area contributed by atoms with E-state index in [-0.39, 0.29) is 17.9 Å². The van der Waals surface area contributed by atoms with Gasteiger partial charge in [0.25, 0.3) is 5.91 Å². The van der Waals surface area contributed by atoms with E-state index < -0.39 is 5.91 Å². The molecule has 1 rings (SSSR count). The number of carbonyl (C=O) groups is 1. The standard InChI is InChI=1S/C6H8N2O3/c7-8-6(10)4-1-2-11-5(4)3-9/h1-2,9H,3,7H2,(H,8,10). The van der Waals surface area contributed by atoms with Gasteiger partial charge in [-0.2, -0.15) is 0 Å². The second-order valence-electron chi connectivity index (χ2n) is 1.89. The van der Waals surface area contributed by atoms with E-state index in [4.69, 9.17) is 15.4 Å². The van der Waals surface area contributed by atoms with Crippen molar-refractivity contribution in [1.82, 2.24) is 5.43 Å². The molecular formula is C6H8N2O3. The Bertz CT molecular complexity index is 256. The van der Waals surface area contributed by atoms with Crippen molar-refractivity contribution in [3.63, 3.8) is 0 Å². The molecule has 0 atom stereocenters. The second-order valence-corrected chi connectivity index (χ2v) is 1.89. The van der Waals surface area contributed by atoms with Crippen LogP contribution in [0.1, 0.15) is 16.1 Å². The van der Waals surface area contributed by atoms with E-state index in [1.54, 1.807) is 0 Å². The zero-order chi connectivity index (χ0) is 8.27. The minimum Gasteiger partial charge on any atom is -0.466 e. The maximum absolute atomic E-state index is 10.8. The van der Waals surface area contributed by atoms with Crippen molar-refractivity contribution in [2.24, 2.45) is 5.84 Å². The van der Waals surface area contributed by atoms with Crippen LogP contribution in [-0.4, -0.2) is 11.0 Å². The Morgan fingerprint density at radius 1 is 1.82 bits per heavy atom. The number of carbonyl (C=O) groups excluding carboxylic acids is 1. The maximum Gasteiger partial charge on any atom is 0.268 e. The lowest BCUT2D eigenvalue weighted by Gasteiger charge is -1.96. The zero-order valence-corrected chi connectivity index (χ0v) is 5.70. The monoisotopic (exact) mass is 156 g/mol. The van der Waals surface area contributed by atoms with Gasteiger partial charge in [0.1, 0.15) is 12.4 Å². The van der Waals surface area contributed by atoms with Crippen molar-refractivity contribution < 1.29 is 14.3 Å². The van der Waals surface area contributed by atoms with Gasteiger partial charge in [-0.05, 0) is 6.07 Å². The molecule has 5 heteroatoms. The van der Waals surface area contributed by atoms with Gasteiger partial charge in [-0.1, -0.05) is 0 Å². The summed E-state index contributed by atoms with van der Waals surface area (Å²) in [6, 6.07) is 1.44. The maximum atomic E-state index is 10.8. The topological polar surface area (TPSA) is 88.5 Å². The van der Waals surface area contributed by atoms with Gasteiger partial charge >= 0.3 is 0 Å². The minimum atomic E-state index is -0.470. The fourth-order valence-electron chi connectivity index (χ4n) is 0.743. The molecule has 0 aromatic carbocycles. The van der Waals surface area contributed by atoms with Crippen LogP contribution >= 0.6 is 0 Å². The molecule has 1 aromatic rings. The van der Waals surface area contributed by atoms with Crippen LogP contribution < -0.4 is 11.3 Å². The molecular weight excluding hydrogens is 148 g/mol. The van der Waals surface area contributed by atoms with Crippen LogP contribution in [0.5, 0.6) is 0 Å². The highest BCUT2D eigenvalue weighted by Gasteiger charge is 2.11. The SMILES string of the molecule is NNC(=O)c1ccoc1CO. The van der Waals surface area contributed by atoms with Gasteiger partial charge in [0.2, 0.25) is 0 Å². The number of furan rings is 1. The number of hydrogen-bond donors (Lipinski definition) is 3. The van der Waals surface area contributed by atoms with E-state index >= 15 is 0 Å². The molecule has 0 spiro atoms. The summed E-state index contributed by atoms with van der Waals surface area (Å²) in [5.41, 5.74) is 2.19. The molecule has 5 nitrogen and oxygen atoms in total. The highest BCUT2D eigenvalue weighted by atomic mass is 16.4. The summed E-state index contributed by atoms with van der Waals surface area (Å²) >= 11 is 0. The van der Waals surface area contributed by atoms with Crippen molar-refractivity contribution in [3.05, 3.63) is 23.7 Å². The molecule has 1 aromatic heterocycles. The molecule has 0 aliphatic rings.